The van der Waals surface area contributed by atoms with Gasteiger partial charge in [0.1, 0.15) is 17.7 Å². The number of rotatable bonds is 8. The molecule has 194 valence electrons. The van der Waals surface area contributed by atoms with Crippen LogP contribution in [0.2, 0.25) is 0 Å². The molecule has 1 aromatic rings. The lowest BCUT2D eigenvalue weighted by Gasteiger charge is -2.36. The average Bonchev–Trinajstić information content (AvgIpc) is 3.38. The summed E-state index contributed by atoms with van der Waals surface area (Å²) in [6.07, 6.45) is -0.559. The minimum atomic E-state index is -1.27. The van der Waals surface area contributed by atoms with Crippen LogP contribution < -0.4 is 16.4 Å². The molecule has 1 aliphatic carbocycles. The van der Waals surface area contributed by atoms with Crippen molar-refractivity contribution in [3.8, 4) is 0 Å². The highest BCUT2D eigenvalue weighted by Gasteiger charge is 2.48. The third kappa shape index (κ3) is 8.56. The Balaban J connectivity index is 2.50. The van der Waals surface area contributed by atoms with Crippen LogP contribution >= 0.6 is 0 Å². The fraction of sp³-hybridized carbons (Fsp3) is 0.615. The molecule has 1 aliphatic rings. The molecule has 9 heteroatoms. The maximum absolute atomic E-state index is 13.9. The summed E-state index contributed by atoms with van der Waals surface area (Å²) < 4.78 is 5.30. The van der Waals surface area contributed by atoms with Gasteiger partial charge in [0.25, 0.3) is 0 Å². The predicted molar refractivity (Wildman–Crippen MR) is 133 cm³/mol. The molecule has 4 atom stereocenters. The molecule has 0 radical (unpaired) electrons. The predicted octanol–water partition coefficient (Wildman–Crippen LogP) is 2.96. The lowest BCUT2D eigenvalue weighted by Crippen LogP contribution is -2.56. The Morgan fingerprint density at radius 2 is 1.63 bits per heavy atom. The number of alkyl carbamates (subject to hydrolysis) is 1. The summed E-state index contributed by atoms with van der Waals surface area (Å²) in [4.78, 5) is 53.3. The zero-order chi connectivity index (χ0) is 26.7. The number of carbonyl (C=O) groups excluding carboxylic acids is 4. The van der Waals surface area contributed by atoms with E-state index in [1.807, 2.05) is 58.9 Å². The Kier molecular flexibility index (Phi) is 8.57. The number of nitrogens with two attached hydrogens (primary N) is 1. The van der Waals surface area contributed by atoms with E-state index >= 15 is 0 Å². The van der Waals surface area contributed by atoms with Crippen LogP contribution in [0.4, 0.5) is 4.79 Å². The lowest BCUT2D eigenvalue weighted by atomic mass is 9.99. The van der Waals surface area contributed by atoms with Crippen molar-refractivity contribution in [3.63, 3.8) is 0 Å². The van der Waals surface area contributed by atoms with Crippen LogP contribution in [-0.2, 0) is 19.1 Å². The number of primary amides is 1. The van der Waals surface area contributed by atoms with Crippen molar-refractivity contribution in [1.82, 2.24) is 15.5 Å². The zero-order valence-electron chi connectivity index (χ0n) is 22.1. The molecule has 1 saturated carbocycles. The number of hydrogen-bond donors (Lipinski definition) is 3. The standard InChI is InChI=1S/C26H40N4O5/c1-15-9-11-17(12-10-15)21(22(32)29-25(3,4)5)30(19-13-16(19)2)23(33)18(14-20(27)31)28-24(34)35-26(6,7)8/h9-12,16,18-19,21H,13-14H2,1-8H3,(H2,27,31)(H,28,34)(H,29,32). The van der Waals surface area contributed by atoms with E-state index in [1.54, 1.807) is 20.8 Å². The zero-order valence-corrected chi connectivity index (χ0v) is 22.1. The minimum Gasteiger partial charge on any atom is -0.444 e. The quantitative estimate of drug-likeness (QED) is 0.518. The largest absolute Gasteiger partial charge is 0.444 e. The van der Waals surface area contributed by atoms with Gasteiger partial charge in [0.15, 0.2) is 0 Å². The number of carbonyl (C=O) groups is 4. The third-order valence-corrected chi connectivity index (χ3v) is 5.49. The Morgan fingerprint density at radius 1 is 1.09 bits per heavy atom. The van der Waals surface area contributed by atoms with Crippen LogP contribution in [0.5, 0.6) is 0 Å². The fourth-order valence-electron chi connectivity index (χ4n) is 3.83. The lowest BCUT2D eigenvalue weighted by molar-refractivity contribution is -0.144. The number of aryl methyl sites for hydroxylation is 1. The second kappa shape index (κ2) is 10.7. The number of ether oxygens (including phenoxy) is 1. The van der Waals surface area contributed by atoms with E-state index < -0.39 is 47.6 Å². The molecule has 1 aromatic carbocycles. The molecule has 0 heterocycles. The van der Waals surface area contributed by atoms with Crippen molar-refractivity contribution in [2.75, 3.05) is 0 Å². The van der Waals surface area contributed by atoms with Crippen LogP contribution in [0.3, 0.4) is 0 Å². The highest BCUT2D eigenvalue weighted by atomic mass is 16.6. The van der Waals surface area contributed by atoms with Gasteiger partial charge in [-0.2, -0.15) is 0 Å². The molecule has 0 saturated heterocycles. The topological polar surface area (TPSA) is 131 Å². The van der Waals surface area contributed by atoms with Crippen LogP contribution in [0.1, 0.15) is 78.5 Å². The van der Waals surface area contributed by atoms with Gasteiger partial charge in [-0.25, -0.2) is 4.79 Å². The van der Waals surface area contributed by atoms with Gasteiger partial charge in [0.2, 0.25) is 17.7 Å². The van der Waals surface area contributed by atoms with E-state index in [0.29, 0.717) is 12.0 Å². The summed E-state index contributed by atoms with van der Waals surface area (Å²) >= 11 is 0. The van der Waals surface area contributed by atoms with Gasteiger partial charge in [-0.05, 0) is 66.4 Å². The number of hydrogen-bond acceptors (Lipinski definition) is 5. The molecule has 4 unspecified atom stereocenters. The number of benzene rings is 1. The summed E-state index contributed by atoms with van der Waals surface area (Å²) in [7, 11) is 0. The van der Waals surface area contributed by atoms with Crippen LogP contribution in [0, 0.1) is 12.8 Å². The maximum atomic E-state index is 13.9. The molecular formula is C26H40N4O5. The Hall–Kier alpha value is -3.10. The molecule has 1 fully saturated rings. The van der Waals surface area contributed by atoms with E-state index in [2.05, 4.69) is 10.6 Å². The molecule has 4 N–H and O–H groups in total. The van der Waals surface area contributed by atoms with Crippen LogP contribution in [-0.4, -0.2) is 51.9 Å². The third-order valence-electron chi connectivity index (χ3n) is 5.49. The summed E-state index contributed by atoms with van der Waals surface area (Å²) in [5.74, 6) is -1.50. The fourth-order valence-corrected chi connectivity index (χ4v) is 3.83. The summed E-state index contributed by atoms with van der Waals surface area (Å²) in [6, 6.07) is 4.95. The Morgan fingerprint density at radius 3 is 2.06 bits per heavy atom. The Bertz CT molecular complexity index is 946. The van der Waals surface area contributed by atoms with Crippen molar-refractivity contribution >= 4 is 23.8 Å². The van der Waals surface area contributed by atoms with Gasteiger partial charge in [-0.15, -0.1) is 0 Å². The highest BCUT2D eigenvalue weighted by Crippen LogP contribution is 2.41. The second-order valence-corrected chi connectivity index (χ2v) is 11.4. The van der Waals surface area contributed by atoms with Gasteiger partial charge in [-0.3, -0.25) is 14.4 Å². The summed E-state index contributed by atoms with van der Waals surface area (Å²) in [5, 5.41) is 5.48. The van der Waals surface area contributed by atoms with E-state index in [9.17, 15) is 19.2 Å². The van der Waals surface area contributed by atoms with E-state index in [1.165, 1.54) is 4.90 Å². The number of amides is 4. The first-order chi connectivity index (χ1) is 16.0. The van der Waals surface area contributed by atoms with Crippen molar-refractivity contribution in [2.45, 2.75) is 97.5 Å². The first-order valence-corrected chi connectivity index (χ1v) is 12.0. The van der Waals surface area contributed by atoms with E-state index in [0.717, 1.165) is 5.56 Å². The molecule has 35 heavy (non-hydrogen) atoms. The van der Waals surface area contributed by atoms with Gasteiger partial charge in [-0.1, -0.05) is 36.8 Å². The van der Waals surface area contributed by atoms with Crippen molar-refractivity contribution in [3.05, 3.63) is 35.4 Å². The van der Waals surface area contributed by atoms with Crippen molar-refractivity contribution in [2.24, 2.45) is 11.7 Å². The number of nitrogens with zero attached hydrogens (tertiary/aromatic N) is 1. The monoisotopic (exact) mass is 488 g/mol. The minimum absolute atomic E-state index is 0.157. The average molecular weight is 489 g/mol. The normalized spacial score (nSPS) is 19.2. The molecule has 2 rings (SSSR count). The highest BCUT2D eigenvalue weighted by molar-refractivity contribution is 5.95. The van der Waals surface area contributed by atoms with Gasteiger partial charge in [0.05, 0.1) is 6.42 Å². The second-order valence-electron chi connectivity index (χ2n) is 11.4. The molecule has 9 nitrogen and oxygen atoms in total. The first-order valence-electron chi connectivity index (χ1n) is 12.0. The SMILES string of the molecule is Cc1ccc(C(C(=O)NC(C)(C)C)N(C(=O)C(CC(N)=O)NC(=O)OC(C)(C)C)C2CC2C)cc1. The van der Waals surface area contributed by atoms with Crippen LogP contribution in [0.25, 0.3) is 0 Å². The molecule has 0 spiro atoms. The molecule has 0 bridgehead atoms. The number of nitrogens with one attached hydrogen (secondary N) is 2. The van der Waals surface area contributed by atoms with Gasteiger partial charge < -0.3 is 26.0 Å². The first kappa shape index (κ1) is 28.1. The Labute approximate surface area is 208 Å². The van der Waals surface area contributed by atoms with E-state index in [4.69, 9.17) is 10.5 Å². The van der Waals surface area contributed by atoms with Gasteiger partial charge >= 0.3 is 6.09 Å². The van der Waals surface area contributed by atoms with Crippen molar-refractivity contribution in [1.29, 1.82) is 0 Å². The van der Waals surface area contributed by atoms with Crippen molar-refractivity contribution < 1.29 is 23.9 Å². The molecular weight excluding hydrogens is 448 g/mol. The summed E-state index contributed by atoms with van der Waals surface area (Å²) in [5.41, 5.74) is 5.74. The van der Waals surface area contributed by atoms with E-state index in [-0.39, 0.29) is 17.9 Å². The molecule has 4 amide bonds. The summed E-state index contributed by atoms with van der Waals surface area (Å²) in [6.45, 7) is 14.6. The van der Waals surface area contributed by atoms with Gasteiger partial charge in [0, 0.05) is 11.6 Å². The maximum Gasteiger partial charge on any atom is 0.408 e. The van der Waals surface area contributed by atoms with Crippen LogP contribution in [0.15, 0.2) is 24.3 Å². The molecule has 0 aliphatic heterocycles. The molecule has 0 aromatic heterocycles. The smallest absolute Gasteiger partial charge is 0.408 e.